The van der Waals surface area contributed by atoms with Crippen LogP contribution in [0.1, 0.15) is 17.4 Å². The summed E-state index contributed by atoms with van der Waals surface area (Å²) < 4.78 is 10.9. The Hall–Kier alpha value is -2.48. The number of carbonyl (C=O) groups excluding carboxylic acids is 2. The lowest BCUT2D eigenvalue weighted by Gasteiger charge is -2.29. The summed E-state index contributed by atoms with van der Waals surface area (Å²) in [6.07, 6.45) is -0.793. The van der Waals surface area contributed by atoms with E-state index in [9.17, 15) is 14.7 Å². The molecule has 0 saturated carbocycles. The van der Waals surface area contributed by atoms with E-state index in [0.717, 1.165) is 12.7 Å². The zero-order valence-corrected chi connectivity index (χ0v) is 16.4. The summed E-state index contributed by atoms with van der Waals surface area (Å²) >= 11 is 3.34. The van der Waals surface area contributed by atoms with Crippen LogP contribution in [0.3, 0.4) is 0 Å². The minimum atomic E-state index is -2.25. The van der Waals surface area contributed by atoms with Gasteiger partial charge in [-0.25, -0.2) is 4.79 Å². The van der Waals surface area contributed by atoms with E-state index in [0.29, 0.717) is 10.2 Å². The molecule has 6 nitrogen and oxygen atoms in total. The number of aliphatic hydroxyl groups is 1. The minimum Gasteiger partial charge on any atom is -0.466 e. The number of hydrogen-bond donors (Lipinski definition) is 1. The molecule has 2 aromatic rings. The van der Waals surface area contributed by atoms with Crippen LogP contribution in [0.25, 0.3) is 0 Å². The van der Waals surface area contributed by atoms with Crippen LogP contribution in [0.4, 0.5) is 5.69 Å². The molecule has 1 amide bonds. The first-order chi connectivity index (χ1) is 12.9. The predicted octanol–water partition coefficient (Wildman–Crippen LogP) is 3.06. The van der Waals surface area contributed by atoms with Crippen molar-refractivity contribution < 1.29 is 24.2 Å². The number of anilines is 1. The van der Waals surface area contributed by atoms with Gasteiger partial charge in [0, 0.05) is 22.7 Å². The lowest BCUT2D eigenvalue weighted by atomic mass is 9.88. The van der Waals surface area contributed by atoms with Crippen molar-refractivity contribution in [3.63, 3.8) is 0 Å². The van der Waals surface area contributed by atoms with E-state index in [1.807, 2.05) is 30.3 Å². The summed E-state index contributed by atoms with van der Waals surface area (Å²) in [5, 5.41) is 11.3. The molecule has 0 aliphatic carbocycles. The van der Waals surface area contributed by atoms with Crippen molar-refractivity contribution in [2.24, 2.45) is 0 Å². The van der Waals surface area contributed by atoms with Crippen molar-refractivity contribution in [1.82, 2.24) is 0 Å². The lowest BCUT2D eigenvalue weighted by Crippen LogP contribution is -2.45. The maximum Gasteiger partial charge on any atom is 0.336 e. The van der Waals surface area contributed by atoms with E-state index >= 15 is 0 Å². The van der Waals surface area contributed by atoms with Gasteiger partial charge in [-0.3, -0.25) is 9.69 Å². The second-order valence-corrected chi connectivity index (χ2v) is 6.93. The topological polar surface area (TPSA) is 76.1 Å². The summed E-state index contributed by atoms with van der Waals surface area (Å²) in [6.45, 7) is 3.62. The Morgan fingerprint density at radius 1 is 1.22 bits per heavy atom. The number of amides is 1. The zero-order chi connectivity index (χ0) is 19.8. The third-order valence-electron chi connectivity index (χ3n) is 4.55. The molecule has 0 bridgehead atoms. The van der Waals surface area contributed by atoms with Crippen LogP contribution in [-0.4, -0.2) is 31.2 Å². The Morgan fingerprint density at radius 3 is 2.48 bits per heavy atom. The van der Waals surface area contributed by atoms with Gasteiger partial charge in [0.2, 0.25) is 5.60 Å². The maximum absolute atomic E-state index is 13.3. The van der Waals surface area contributed by atoms with E-state index in [4.69, 9.17) is 4.74 Å². The monoisotopic (exact) mass is 431 g/mol. The number of rotatable bonds is 5. The van der Waals surface area contributed by atoms with Gasteiger partial charge in [-0.05, 0) is 18.2 Å². The zero-order valence-electron chi connectivity index (χ0n) is 14.8. The molecule has 1 aliphatic rings. The minimum absolute atomic E-state index is 0.232. The number of methoxy groups -OCH3 is 2. The van der Waals surface area contributed by atoms with Gasteiger partial charge in [-0.1, -0.05) is 52.8 Å². The highest BCUT2D eigenvalue weighted by Gasteiger charge is 2.56. The second-order valence-electron chi connectivity index (χ2n) is 6.02. The average molecular weight is 432 g/mol. The van der Waals surface area contributed by atoms with Crippen LogP contribution in [-0.2, 0) is 24.7 Å². The Labute approximate surface area is 165 Å². The van der Waals surface area contributed by atoms with Crippen molar-refractivity contribution in [2.45, 2.75) is 11.8 Å². The number of nitrogens with zero attached hydrogens (tertiary/aromatic N) is 1. The van der Waals surface area contributed by atoms with E-state index in [1.165, 1.54) is 12.0 Å². The number of halogens is 1. The van der Waals surface area contributed by atoms with Gasteiger partial charge in [-0.15, -0.1) is 0 Å². The Balaban J connectivity index is 2.20. The predicted molar refractivity (Wildman–Crippen MR) is 103 cm³/mol. The van der Waals surface area contributed by atoms with Gasteiger partial charge in [-0.2, -0.15) is 0 Å². The van der Waals surface area contributed by atoms with Crippen molar-refractivity contribution >= 4 is 33.5 Å². The van der Waals surface area contributed by atoms with Crippen LogP contribution in [0, 0.1) is 0 Å². The molecule has 2 unspecified atom stereocenters. The van der Waals surface area contributed by atoms with Crippen molar-refractivity contribution in [3.8, 4) is 0 Å². The first-order valence-corrected chi connectivity index (χ1v) is 8.87. The molecule has 0 spiro atoms. The molecule has 2 aromatic carbocycles. The van der Waals surface area contributed by atoms with E-state index in [1.54, 1.807) is 18.2 Å². The molecule has 2 atom stereocenters. The van der Waals surface area contributed by atoms with Crippen molar-refractivity contribution in [2.75, 3.05) is 19.1 Å². The Morgan fingerprint density at radius 2 is 1.89 bits per heavy atom. The smallest absolute Gasteiger partial charge is 0.336 e. The van der Waals surface area contributed by atoms with Gasteiger partial charge in [0.25, 0.3) is 5.91 Å². The molecule has 3 rings (SSSR count). The van der Waals surface area contributed by atoms with Crippen molar-refractivity contribution in [3.05, 3.63) is 76.3 Å². The summed E-state index contributed by atoms with van der Waals surface area (Å²) in [4.78, 5) is 26.7. The quantitative estimate of drug-likeness (QED) is 0.581. The standard InChI is InChI=1S/C20H18BrNO5/c1-12(18(23)27-3)20(25)15-11-14(21)9-10-16(15)22(19(20)24)17(26-2)13-7-5-4-6-8-13/h4-11,17,25H,1H2,2-3H3. The molecular weight excluding hydrogens is 414 g/mol. The van der Waals surface area contributed by atoms with E-state index < -0.39 is 23.7 Å². The number of carbonyl (C=O) groups is 2. The number of fused-ring (bicyclic) bond motifs is 1. The van der Waals surface area contributed by atoms with Crippen LogP contribution < -0.4 is 4.90 Å². The Kier molecular flexibility index (Phi) is 5.19. The second kappa shape index (κ2) is 7.26. The van der Waals surface area contributed by atoms with E-state index in [2.05, 4.69) is 27.2 Å². The number of hydrogen-bond acceptors (Lipinski definition) is 5. The summed E-state index contributed by atoms with van der Waals surface area (Å²) in [7, 11) is 2.63. The van der Waals surface area contributed by atoms with E-state index in [-0.39, 0.29) is 11.1 Å². The third-order valence-corrected chi connectivity index (χ3v) is 5.04. The largest absolute Gasteiger partial charge is 0.466 e. The fraction of sp³-hybridized carbons (Fsp3) is 0.200. The first-order valence-electron chi connectivity index (χ1n) is 8.07. The molecule has 0 fully saturated rings. The number of esters is 1. The molecule has 0 aromatic heterocycles. The molecular formula is C20H18BrNO5. The van der Waals surface area contributed by atoms with Crippen molar-refractivity contribution in [1.29, 1.82) is 0 Å². The highest BCUT2D eigenvalue weighted by molar-refractivity contribution is 9.10. The van der Waals surface area contributed by atoms with Crippen LogP contribution >= 0.6 is 15.9 Å². The normalized spacial score (nSPS) is 19.6. The number of ether oxygens (including phenoxy) is 2. The van der Waals surface area contributed by atoms with Gasteiger partial charge in [0.05, 0.1) is 18.4 Å². The molecule has 1 aliphatic heterocycles. The molecule has 0 radical (unpaired) electrons. The Bertz CT molecular complexity index is 914. The van der Waals surface area contributed by atoms with Crippen LogP contribution in [0.15, 0.2) is 65.2 Å². The summed E-state index contributed by atoms with van der Waals surface area (Å²) in [5.74, 6) is -1.60. The molecule has 27 heavy (non-hydrogen) atoms. The fourth-order valence-corrected chi connectivity index (χ4v) is 3.57. The number of benzene rings is 2. The summed E-state index contributed by atoms with van der Waals surface area (Å²) in [5.41, 5.74) is -1.24. The molecule has 0 saturated heterocycles. The van der Waals surface area contributed by atoms with Crippen LogP contribution in [0.5, 0.6) is 0 Å². The van der Waals surface area contributed by atoms with Crippen LogP contribution in [0.2, 0.25) is 0 Å². The summed E-state index contributed by atoms with van der Waals surface area (Å²) in [6, 6.07) is 14.1. The average Bonchev–Trinajstić information content (AvgIpc) is 2.91. The lowest BCUT2D eigenvalue weighted by molar-refractivity contribution is -0.145. The highest BCUT2D eigenvalue weighted by Crippen LogP contribution is 2.48. The highest BCUT2D eigenvalue weighted by atomic mass is 79.9. The fourth-order valence-electron chi connectivity index (χ4n) is 3.21. The maximum atomic E-state index is 13.3. The molecule has 1 heterocycles. The molecule has 140 valence electrons. The van der Waals surface area contributed by atoms with Gasteiger partial charge >= 0.3 is 5.97 Å². The van der Waals surface area contributed by atoms with Gasteiger partial charge in [0.1, 0.15) is 0 Å². The SMILES string of the molecule is C=C(C(=O)OC)C1(O)C(=O)N(C(OC)c2ccccc2)c2ccc(Br)cc21. The molecule has 7 heteroatoms. The first kappa shape index (κ1) is 19.3. The third kappa shape index (κ3) is 2.97. The van der Waals surface area contributed by atoms with Gasteiger partial charge < -0.3 is 14.6 Å². The molecule has 1 N–H and O–H groups in total. The van der Waals surface area contributed by atoms with Gasteiger partial charge in [0.15, 0.2) is 6.23 Å².